The molecule has 1 aromatic heterocycles. The Balaban J connectivity index is 1.47. The van der Waals surface area contributed by atoms with Crippen LogP contribution < -0.4 is 5.32 Å². The third-order valence-electron chi connectivity index (χ3n) is 7.52. The highest BCUT2D eigenvalue weighted by molar-refractivity contribution is 5.99. The molecule has 0 amide bonds. The van der Waals surface area contributed by atoms with Gasteiger partial charge in [0, 0.05) is 11.4 Å². The number of hydrogen-bond donors (Lipinski definition) is 1. The molecule has 0 spiro atoms. The van der Waals surface area contributed by atoms with Gasteiger partial charge in [-0.2, -0.15) is 0 Å². The highest BCUT2D eigenvalue weighted by Crippen LogP contribution is 2.39. The molecule has 2 heterocycles. The summed E-state index contributed by atoms with van der Waals surface area (Å²) in [4.78, 5) is 42.4. The maximum absolute atomic E-state index is 13.5. The maximum atomic E-state index is 13.5. The highest BCUT2D eigenvalue weighted by Gasteiger charge is 2.42. The van der Waals surface area contributed by atoms with Gasteiger partial charge < -0.3 is 24.9 Å². The summed E-state index contributed by atoms with van der Waals surface area (Å²) in [6, 6.07) is 20.1. The summed E-state index contributed by atoms with van der Waals surface area (Å²) in [6.07, 6.45) is 5.85. The normalized spacial score (nSPS) is 13.6. The van der Waals surface area contributed by atoms with E-state index >= 15 is 0 Å². The Bertz CT molecular complexity index is 1410. The minimum atomic E-state index is -1.01. The number of benzene rings is 2. The number of aryl methyl sites for hydroxylation is 2. The fraction of sp³-hybridized carbons (Fsp3) is 0.364. The van der Waals surface area contributed by atoms with E-state index in [1.807, 2.05) is 36.4 Å². The van der Waals surface area contributed by atoms with Gasteiger partial charge in [-0.1, -0.05) is 60.7 Å². The van der Waals surface area contributed by atoms with E-state index in [1.54, 1.807) is 13.8 Å². The van der Waals surface area contributed by atoms with Gasteiger partial charge in [0.05, 0.1) is 31.4 Å². The zero-order valence-corrected chi connectivity index (χ0v) is 24.9. The van der Waals surface area contributed by atoms with Crippen molar-refractivity contribution >= 4 is 17.8 Å². The number of carbonyl (C=O) groups is 2. The van der Waals surface area contributed by atoms with Crippen LogP contribution in [0.5, 0.6) is 0 Å². The number of dihydropyridines is 1. The molecule has 226 valence electrons. The van der Waals surface area contributed by atoms with Crippen molar-refractivity contribution in [1.82, 2.24) is 14.9 Å². The van der Waals surface area contributed by atoms with Crippen LogP contribution in [0.15, 0.2) is 89.4 Å². The minimum Gasteiger partial charge on any atom is -0.462 e. The van der Waals surface area contributed by atoms with Gasteiger partial charge in [0.15, 0.2) is 0 Å². The van der Waals surface area contributed by atoms with Crippen LogP contribution in [0.1, 0.15) is 62.4 Å². The van der Waals surface area contributed by atoms with Gasteiger partial charge in [0.25, 0.3) is 0 Å². The summed E-state index contributed by atoms with van der Waals surface area (Å²) < 4.78 is 12.6. The molecule has 2 aromatic carbocycles. The number of imidazole rings is 1. The van der Waals surface area contributed by atoms with Crippen molar-refractivity contribution in [2.24, 2.45) is 7.05 Å². The number of esters is 2. The Kier molecular flexibility index (Phi) is 10.9. The molecule has 43 heavy (non-hydrogen) atoms. The Morgan fingerprint density at radius 2 is 1.30 bits per heavy atom. The lowest BCUT2D eigenvalue weighted by molar-refractivity contribution is -0.391. The number of carbonyl (C=O) groups excluding carboxylic acids is 2. The van der Waals surface area contributed by atoms with Crippen molar-refractivity contribution in [3.8, 4) is 0 Å². The van der Waals surface area contributed by atoms with Gasteiger partial charge in [-0.15, -0.1) is 0 Å². The number of ether oxygens (including phenoxy) is 2. The Labute approximate surface area is 251 Å². The zero-order valence-electron chi connectivity index (χ0n) is 24.9. The molecule has 0 fully saturated rings. The van der Waals surface area contributed by atoms with Crippen molar-refractivity contribution in [2.45, 2.75) is 58.3 Å². The summed E-state index contributed by atoms with van der Waals surface area (Å²) in [5.41, 5.74) is 3.75. The largest absolute Gasteiger partial charge is 0.462 e. The van der Waals surface area contributed by atoms with E-state index in [1.165, 1.54) is 22.7 Å². The van der Waals surface area contributed by atoms with E-state index in [9.17, 15) is 19.7 Å². The number of allylic oxidation sites excluding steroid dienone is 2. The molecule has 3 aromatic rings. The predicted molar refractivity (Wildman–Crippen MR) is 162 cm³/mol. The van der Waals surface area contributed by atoms with Crippen LogP contribution in [0.2, 0.25) is 0 Å². The smallest absolute Gasteiger partial charge is 0.342 e. The first-order valence-corrected chi connectivity index (χ1v) is 14.5. The fourth-order valence-corrected chi connectivity index (χ4v) is 5.28. The summed E-state index contributed by atoms with van der Waals surface area (Å²) in [5, 5.41) is 14.7. The summed E-state index contributed by atoms with van der Waals surface area (Å²) in [6.45, 7) is 3.82. The van der Waals surface area contributed by atoms with Crippen LogP contribution in [0, 0.1) is 10.1 Å². The molecule has 0 atom stereocenters. The van der Waals surface area contributed by atoms with Gasteiger partial charge in [0.1, 0.15) is 12.1 Å². The first-order chi connectivity index (χ1) is 20.8. The topological polar surface area (TPSA) is 126 Å². The highest BCUT2D eigenvalue weighted by atomic mass is 16.6. The van der Waals surface area contributed by atoms with Gasteiger partial charge in [-0.25, -0.2) is 19.1 Å². The van der Waals surface area contributed by atoms with Crippen LogP contribution >= 0.6 is 0 Å². The molecule has 0 aliphatic carbocycles. The molecule has 0 radical (unpaired) electrons. The molecule has 0 bridgehead atoms. The second kappa shape index (κ2) is 14.9. The SMILES string of the molecule is CC1=C(C(=O)OCCCCc2ccccc2)C(c2ncc([N+](=O)[O-])n2C)C(C(=O)OCCCCc2ccccc2)=C(C)N1. The lowest BCUT2D eigenvalue weighted by Crippen LogP contribution is -2.34. The molecule has 1 N–H and O–H groups in total. The van der Waals surface area contributed by atoms with Crippen LogP contribution in [-0.4, -0.2) is 39.6 Å². The van der Waals surface area contributed by atoms with Crippen LogP contribution in [0.4, 0.5) is 5.82 Å². The lowest BCUT2D eigenvalue weighted by atomic mass is 9.84. The number of nitrogens with zero attached hydrogens (tertiary/aromatic N) is 3. The van der Waals surface area contributed by atoms with Crippen LogP contribution in [0.25, 0.3) is 0 Å². The number of rotatable bonds is 14. The molecule has 1 aliphatic rings. The van der Waals surface area contributed by atoms with Crippen molar-refractivity contribution in [3.63, 3.8) is 0 Å². The first kappa shape index (κ1) is 31.2. The monoisotopic (exact) mass is 586 g/mol. The summed E-state index contributed by atoms with van der Waals surface area (Å²) in [5.74, 6) is -2.30. The minimum absolute atomic E-state index is 0.174. The van der Waals surface area contributed by atoms with E-state index in [-0.39, 0.29) is 36.0 Å². The third kappa shape index (κ3) is 7.97. The number of unbranched alkanes of at least 4 members (excludes halogenated alkanes) is 2. The molecular formula is C33H38N4O6. The Hall–Kier alpha value is -4.73. The number of nitrogens with one attached hydrogen (secondary N) is 1. The van der Waals surface area contributed by atoms with Crippen LogP contribution in [0.3, 0.4) is 0 Å². The van der Waals surface area contributed by atoms with Crippen molar-refractivity contribution < 1.29 is 24.0 Å². The van der Waals surface area contributed by atoms with E-state index in [0.29, 0.717) is 24.2 Å². The lowest BCUT2D eigenvalue weighted by Gasteiger charge is -2.28. The number of nitro groups is 1. The standard InChI is InChI=1S/C33H38N4O6/c1-23-28(32(38)42-20-12-10-18-25-14-6-4-7-15-25)30(31-34-22-27(36(31)3)37(40)41)29(24(2)35-23)33(39)43-21-13-11-19-26-16-8-5-9-17-26/h4-9,14-17,22,30,35H,10-13,18-21H2,1-3H3. The number of aromatic nitrogens is 2. The molecular weight excluding hydrogens is 548 g/mol. The van der Waals surface area contributed by atoms with Gasteiger partial charge in [-0.3, -0.25) is 0 Å². The molecule has 0 saturated heterocycles. The van der Waals surface area contributed by atoms with E-state index in [2.05, 4.69) is 34.6 Å². The van der Waals surface area contributed by atoms with Gasteiger partial charge in [0.2, 0.25) is 5.82 Å². The van der Waals surface area contributed by atoms with Crippen molar-refractivity contribution in [3.05, 3.63) is 116 Å². The average Bonchev–Trinajstić information content (AvgIpc) is 3.38. The van der Waals surface area contributed by atoms with E-state index < -0.39 is 22.8 Å². The molecule has 10 heteroatoms. The number of hydrogen-bond acceptors (Lipinski definition) is 8. The molecule has 4 rings (SSSR count). The second-order valence-electron chi connectivity index (χ2n) is 10.6. The quantitative estimate of drug-likeness (QED) is 0.110. The summed E-state index contributed by atoms with van der Waals surface area (Å²) in [7, 11) is 1.49. The van der Waals surface area contributed by atoms with E-state index in [4.69, 9.17) is 9.47 Å². The fourth-order valence-electron chi connectivity index (χ4n) is 5.28. The zero-order chi connectivity index (χ0) is 30.8. The average molecular weight is 587 g/mol. The predicted octanol–water partition coefficient (Wildman–Crippen LogP) is 5.70. The Morgan fingerprint density at radius 3 is 1.72 bits per heavy atom. The second-order valence-corrected chi connectivity index (χ2v) is 10.6. The maximum Gasteiger partial charge on any atom is 0.342 e. The van der Waals surface area contributed by atoms with Gasteiger partial charge in [-0.05, 0) is 68.4 Å². The molecule has 0 unspecified atom stereocenters. The Morgan fingerprint density at radius 1 is 0.837 bits per heavy atom. The van der Waals surface area contributed by atoms with Gasteiger partial charge >= 0.3 is 17.8 Å². The van der Waals surface area contributed by atoms with Crippen LogP contribution in [-0.2, 0) is 39.0 Å². The first-order valence-electron chi connectivity index (χ1n) is 14.5. The van der Waals surface area contributed by atoms with E-state index in [0.717, 1.165) is 31.9 Å². The molecule has 1 aliphatic heterocycles. The molecule has 10 nitrogen and oxygen atoms in total. The third-order valence-corrected chi connectivity index (χ3v) is 7.52. The van der Waals surface area contributed by atoms with Crippen molar-refractivity contribution in [2.75, 3.05) is 13.2 Å². The van der Waals surface area contributed by atoms with Crippen molar-refractivity contribution in [1.29, 1.82) is 0 Å². The molecule has 0 saturated carbocycles. The summed E-state index contributed by atoms with van der Waals surface area (Å²) >= 11 is 0.